The molecule has 26 heavy (non-hydrogen) atoms. The van der Waals surface area contributed by atoms with Gasteiger partial charge in [-0.2, -0.15) is 5.10 Å². The molecule has 1 amide bonds. The second-order valence-electron chi connectivity index (χ2n) is 5.59. The highest BCUT2D eigenvalue weighted by Gasteiger charge is 2.18. The molecule has 3 rings (SSSR count). The van der Waals surface area contributed by atoms with Gasteiger partial charge in [-0.3, -0.25) is 14.6 Å². The summed E-state index contributed by atoms with van der Waals surface area (Å²) in [7, 11) is 0. The van der Waals surface area contributed by atoms with Crippen molar-refractivity contribution in [3.8, 4) is 11.3 Å². The second-order valence-corrected chi connectivity index (χ2v) is 6.44. The van der Waals surface area contributed by atoms with E-state index in [9.17, 15) is 9.59 Å². The third-order valence-electron chi connectivity index (χ3n) is 3.80. The Morgan fingerprint density at radius 1 is 1.15 bits per heavy atom. The molecule has 0 bridgehead atoms. The Bertz CT molecular complexity index is 1010. The van der Waals surface area contributed by atoms with Crippen molar-refractivity contribution in [1.82, 2.24) is 20.5 Å². The number of H-pyrrole nitrogens is 1. The summed E-state index contributed by atoms with van der Waals surface area (Å²) in [6.45, 7) is 1.77. The van der Waals surface area contributed by atoms with Crippen LogP contribution in [-0.2, 0) is 0 Å². The highest BCUT2D eigenvalue weighted by atomic mass is 35.5. The van der Waals surface area contributed by atoms with Crippen LogP contribution in [0.1, 0.15) is 28.9 Å². The summed E-state index contributed by atoms with van der Waals surface area (Å²) in [4.78, 5) is 28.5. The van der Waals surface area contributed by atoms with Crippen molar-refractivity contribution in [2.24, 2.45) is 0 Å². The quantitative estimate of drug-likeness (QED) is 0.713. The van der Waals surface area contributed by atoms with Crippen LogP contribution in [0.2, 0.25) is 10.0 Å². The van der Waals surface area contributed by atoms with Gasteiger partial charge in [0.15, 0.2) is 0 Å². The highest BCUT2D eigenvalue weighted by Crippen LogP contribution is 2.26. The molecule has 0 aliphatic heterocycles. The molecule has 0 spiro atoms. The Morgan fingerprint density at radius 3 is 2.58 bits per heavy atom. The molecule has 2 heterocycles. The molecule has 3 aromatic rings. The van der Waals surface area contributed by atoms with E-state index in [1.807, 2.05) is 0 Å². The largest absolute Gasteiger partial charge is 0.345 e. The van der Waals surface area contributed by atoms with Crippen molar-refractivity contribution < 1.29 is 4.79 Å². The summed E-state index contributed by atoms with van der Waals surface area (Å²) >= 11 is 12.1. The standard InChI is InChI=1S/C18H14Cl2N4O2/c1-10(13-3-2-12(19)8-15(13)20)22-17(25)14-9-16(23-24-18(14)26)11-4-6-21-7-5-11/h2-10H,1H3,(H,22,25)(H,24,26). The summed E-state index contributed by atoms with van der Waals surface area (Å²) in [5, 5.41) is 10.0. The third-order valence-corrected chi connectivity index (χ3v) is 4.36. The van der Waals surface area contributed by atoms with Gasteiger partial charge in [0.25, 0.3) is 11.5 Å². The van der Waals surface area contributed by atoms with Crippen molar-refractivity contribution in [3.63, 3.8) is 0 Å². The molecule has 1 unspecified atom stereocenters. The lowest BCUT2D eigenvalue weighted by atomic mass is 10.1. The van der Waals surface area contributed by atoms with Crippen LogP contribution < -0.4 is 10.9 Å². The third kappa shape index (κ3) is 3.92. The molecular formula is C18H14Cl2N4O2. The smallest absolute Gasteiger partial charge is 0.277 e. The Labute approximate surface area is 159 Å². The summed E-state index contributed by atoms with van der Waals surface area (Å²) in [6, 6.07) is 9.52. The minimum atomic E-state index is -0.574. The molecule has 8 heteroatoms. The van der Waals surface area contributed by atoms with Crippen molar-refractivity contribution >= 4 is 29.1 Å². The second kappa shape index (κ2) is 7.68. The van der Waals surface area contributed by atoms with E-state index < -0.39 is 17.5 Å². The topological polar surface area (TPSA) is 87.7 Å². The molecule has 1 aromatic carbocycles. The number of amides is 1. The van der Waals surface area contributed by atoms with E-state index in [-0.39, 0.29) is 5.56 Å². The zero-order valence-electron chi connectivity index (χ0n) is 13.7. The molecule has 0 saturated heterocycles. The van der Waals surface area contributed by atoms with Crippen LogP contribution in [0.5, 0.6) is 0 Å². The monoisotopic (exact) mass is 388 g/mol. The van der Waals surface area contributed by atoms with E-state index in [0.29, 0.717) is 21.3 Å². The number of aromatic amines is 1. The van der Waals surface area contributed by atoms with Gasteiger partial charge in [-0.05, 0) is 42.8 Å². The first kappa shape index (κ1) is 18.1. The van der Waals surface area contributed by atoms with Gasteiger partial charge in [-0.25, -0.2) is 5.10 Å². The fourth-order valence-corrected chi connectivity index (χ4v) is 3.02. The number of hydrogen-bond donors (Lipinski definition) is 2. The fraction of sp³-hybridized carbons (Fsp3) is 0.111. The number of carbonyl (C=O) groups excluding carboxylic acids is 1. The van der Waals surface area contributed by atoms with Crippen molar-refractivity contribution in [2.45, 2.75) is 13.0 Å². The lowest BCUT2D eigenvalue weighted by Crippen LogP contribution is -2.32. The van der Waals surface area contributed by atoms with E-state index in [0.717, 1.165) is 5.56 Å². The van der Waals surface area contributed by atoms with Crippen molar-refractivity contribution in [3.05, 3.63) is 80.3 Å². The molecule has 0 fully saturated rings. The van der Waals surface area contributed by atoms with E-state index in [1.54, 1.807) is 49.6 Å². The molecule has 0 aliphatic carbocycles. The first-order chi connectivity index (χ1) is 12.5. The summed E-state index contributed by atoms with van der Waals surface area (Å²) in [5.41, 5.74) is 1.29. The van der Waals surface area contributed by atoms with E-state index in [2.05, 4.69) is 20.5 Å². The maximum absolute atomic E-state index is 12.6. The van der Waals surface area contributed by atoms with Gasteiger partial charge >= 0.3 is 0 Å². The van der Waals surface area contributed by atoms with Gasteiger partial charge in [0, 0.05) is 28.0 Å². The van der Waals surface area contributed by atoms with Crippen LogP contribution in [0.3, 0.4) is 0 Å². The maximum Gasteiger partial charge on any atom is 0.277 e. The van der Waals surface area contributed by atoms with Crippen LogP contribution in [0.4, 0.5) is 0 Å². The molecule has 132 valence electrons. The normalized spacial score (nSPS) is 11.8. The lowest BCUT2D eigenvalue weighted by Gasteiger charge is -2.16. The van der Waals surface area contributed by atoms with Gasteiger partial charge in [0.05, 0.1) is 11.7 Å². The number of pyridine rings is 1. The van der Waals surface area contributed by atoms with Crippen molar-refractivity contribution in [2.75, 3.05) is 0 Å². The number of halogens is 2. The average molecular weight is 389 g/mol. The van der Waals surface area contributed by atoms with Gasteiger partial charge in [0.1, 0.15) is 5.56 Å². The molecule has 0 radical (unpaired) electrons. The highest BCUT2D eigenvalue weighted by molar-refractivity contribution is 6.35. The SMILES string of the molecule is CC(NC(=O)c1cc(-c2ccncc2)n[nH]c1=O)c1ccc(Cl)cc1Cl. The molecule has 2 N–H and O–H groups in total. The summed E-state index contributed by atoms with van der Waals surface area (Å²) in [6.07, 6.45) is 3.21. The number of aromatic nitrogens is 3. The maximum atomic E-state index is 12.6. The number of carbonyl (C=O) groups is 1. The van der Waals surface area contributed by atoms with Crippen LogP contribution >= 0.6 is 23.2 Å². The zero-order valence-corrected chi connectivity index (χ0v) is 15.2. The molecule has 6 nitrogen and oxygen atoms in total. The first-order valence-electron chi connectivity index (χ1n) is 7.71. The van der Waals surface area contributed by atoms with Crippen LogP contribution in [0.15, 0.2) is 53.6 Å². The molecular weight excluding hydrogens is 375 g/mol. The van der Waals surface area contributed by atoms with Crippen LogP contribution in [0, 0.1) is 0 Å². The minimum Gasteiger partial charge on any atom is -0.345 e. The van der Waals surface area contributed by atoms with Gasteiger partial charge in [0.2, 0.25) is 0 Å². The van der Waals surface area contributed by atoms with Crippen LogP contribution in [-0.4, -0.2) is 21.1 Å². The summed E-state index contributed by atoms with van der Waals surface area (Å²) < 4.78 is 0. The zero-order chi connectivity index (χ0) is 18.7. The Hall–Kier alpha value is -2.70. The van der Waals surface area contributed by atoms with Crippen LogP contribution in [0.25, 0.3) is 11.3 Å². The Kier molecular flexibility index (Phi) is 5.35. The number of benzene rings is 1. The Balaban J connectivity index is 1.87. The van der Waals surface area contributed by atoms with Gasteiger partial charge < -0.3 is 5.32 Å². The lowest BCUT2D eigenvalue weighted by molar-refractivity contribution is 0.0938. The average Bonchev–Trinajstić information content (AvgIpc) is 2.62. The molecule has 2 aromatic heterocycles. The van der Waals surface area contributed by atoms with E-state index >= 15 is 0 Å². The summed E-state index contributed by atoms with van der Waals surface area (Å²) in [5.74, 6) is -0.525. The number of nitrogens with zero attached hydrogens (tertiary/aromatic N) is 2. The Morgan fingerprint density at radius 2 is 1.88 bits per heavy atom. The minimum absolute atomic E-state index is 0.0382. The van der Waals surface area contributed by atoms with E-state index in [1.165, 1.54) is 6.07 Å². The van der Waals surface area contributed by atoms with Crippen molar-refractivity contribution in [1.29, 1.82) is 0 Å². The molecule has 1 atom stereocenters. The molecule has 0 saturated carbocycles. The number of hydrogen-bond acceptors (Lipinski definition) is 4. The fourth-order valence-electron chi connectivity index (χ4n) is 2.45. The predicted molar refractivity (Wildman–Crippen MR) is 100 cm³/mol. The van der Waals surface area contributed by atoms with Gasteiger partial charge in [-0.1, -0.05) is 29.3 Å². The van der Waals surface area contributed by atoms with E-state index in [4.69, 9.17) is 23.2 Å². The number of nitrogens with one attached hydrogen (secondary N) is 2. The predicted octanol–water partition coefficient (Wildman–Crippen LogP) is 3.63. The van der Waals surface area contributed by atoms with Gasteiger partial charge in [-0.15, -0.1) is 0 Å². The number of rotatable bonds is 4. The first-order valence-corrected chi connectivity index (χ1v) is 8.47. The molecule has 0 aliphatic rings.